The van der Waals surface area contributed by atoms with Crippen LogP contribution in [0.1, 0.15) is 6.92 Å². The molecule has 7 nitrogen and oxygen atoms in total. The fraction of sp³-hybridized carbons (Fsp3) is 0.846. The van der Waals surface area contributed by atoms with Gasteiger partial charge in [0.05, 0.1) is 12.7 Å². The Bertz CT molecular complexity index is 310. The number of ether oxygens (including phenoxy) is 3. The summed E-state index contributed by atoms with van der Waals surface area (Å²) in [5, 5.41) is 37.9. The van der Waals surface area contributed by atoms with E-state index in [9.17, 15) is 10.2 Å². The van der Waals surface area contributed by atoms with Crippen LogP contribution in [0.5, 0.6) is 0 Å². The van der Waals surface area contributed by atoms with Crippen molar-refractivity contribution in [2.75, 3.05) is 19.8 Å². The molecule has 7 atom stereocenters. The smallest absolute Gasteiger partial charge is 0.158 e. The average Bonchev–Trinajstić information content (AvgIpc) is 2.48. The predicted molar refractivity (Wildman–Crippen MR) is 67.2 cm³/mol. The Balaban J connectivity index is 0.00000220. The molecule has 128 valence electrons. The summed E-state index contributed by atoms with van der Waals surface area (Å²) >= 11 is 0. The van der Waals surface area contributed by atoms with Gasteiger partial charge in [-0.1, -0.05) is 13.5 Å². The van der Waals surface area contributed by atoms with Crippen LogP contribution in [0.2, 0.25) is 0 Å². The molecular weight excluding hydrogens is 690 g/mol. The maximum Gasteiger partial charge on any atom is 0.158 e. The molecule has 0 saturated carbocycles. The largest absolute Gasteiger partial charge is 0.439 e. The van der Waals surface area contributed by atoms with Crippen LogP contribution in [0.25, 0.3) is 0 Å². The summed E-state index contributed by atoms with van der Waals surface area (Å²) in [5.74, 6) is -0.440. The van der Waals surface area contributed by atoms with Gasteiger partial charge < -0.3 is 41.1 Å². The third-order valence-electron chi connectivity index (χ3n) is 3.70. The van der Waals surface area contributed by atoms with Gasteiger partial charge in [0, 0.05) is 64.7 Å². The van der Waals surface area contributed by atoms with Crippen molar-refractivity contribution in [3.8, 4) is 0 Å². The van der Waals surface area contributed by atoms with Gasteiger partial charge in [0.2, 0.25) is 0 Å². The summed E-state index contributed by atoms with van der Waals surface area (Å²) in [7, 11) is 0. The first-order valence-electron chi connectivity index (χ1n) is 6.75. The van der Waals surface area contributed by atoms with E-state index in [-0.39, 0.29) is 64.9 Å². The summed E-state index contributed by atoms with van der Waals surface area (Å²) in [4.78, 5) is 0. The van der Waals surface area contributed by atoms with Crippen molar-refractivity contribution in [3.05, 3.63) is 12.8 Å². The maximum atomic E-state index is 9.94. The monoisotopic (exact) mass is 712 g/mol. The number of aliphatic hydroxyl groups excluding tert-OH is 4. The van der Waals surface area contributed by atoms with Gasteiger partial charge in [-0.2, -0.15) is 6.10 Å². The van der Waals surface area contributed by atoms with Crippen molar-refractivity contribution in [3.63, 3.8) is 0 Å². The Morgan fingerprint density at radius 2 is 1.86 bits per heavy atom. The fourth-order valence-corrected chi connectivity index (χ4v) is 2.36. The van der Waals surface area contributed by atoms with E-state index in [1.807, 2.05) is 0 Å². The van der Waals surface area contributed by atoms with Crippen LogP contribution in [-0.2, 0) is 35.3 Å². The normalized spacial score (nSPS) is 42.1. The zero-order chi connectivity index (χ0) is 14.7. The zero-order valence-corrected chi connectivity index (χ0v) is 19.3. The molecule has 0 aromatic carbocycles. The van der Waals surface area contributed by atoms with Crippen molar-refractivity contribution in [1.82, 2.24) is 0 Å². The molecule has 2 fully saturated rings. The molecular formula is C13H22O7UW-2. The molecule has 2 aliphatic heterocycles. The molecule has 0 amide bonds. The second-order valence-electron chi connectivity index (χ2n) is 5.15. The van der Waals surface area contributed by atoms with Gasteiger partial charge in [-0.25, -0.2) is 0 Å². The van der Waals surface area contributed by atoms with Crippen LogP contribution in [0.3, 0.4) is 0 Å². The van der Waals surface area contributed by atoms with Crippen LogP contribution in [0, 0.1) is 49.9 Å². The molecule has 4 N–H and O–H groups in total. The standard InChI is InChI=1S/C13H22O7.U.W/c1-7-11(16)12(17)10(6-15)20-13(7)19-8-2-3-18-9(4-8)5-14;;/h2,4,7-17H,3,5-6H2,1H3;;/q-2;;/t7?,8-,9?,10?,11-,12+,13-;;/m1../s1. The molecule has 22 heavy (non-hydrogen) atoms. The quantitative estimate of drug-likeness (QED) is 0.256. The van der Waals surface area contributed by atoms with Gasteiger partial charge in [0.25, 0.3) is 0 Å². The van der Waals surface area contributed by atoms with E-state index in [0.717, 1.165) is 0 Å². The summed E-state index contributed by atoms with van der Waals surface area (Å²) in [6.07, 6.45) is -1.09. The van der Waals surface area contributed by atoms with Crippen LogP contribution in [0.15, 0.2) is 0 Å². The Labute approximate surface area is 168 Å². The van der Waals surface area contributed by atoms with Crippen molar-refractivity contribution in [2.24, 2.45) is 5.92 Å². The summed E-state index contributed by atoms with van der Waals surface area (Å²) in [5.41, 5.74) is 0. The fourth-order valence-electron chi connectivity index (χ4n) is 2.36. The van der Waals surface area contributed by atoms with Gasteiger partial charge in [-0.3, -0.25) is 6.42 Å². The molecule has 0 aromatic heterocycles. The van der Waals surface area contributed by atoms with E-state index in [4.69, 9.17) is 24.4 Å². The molecule has 0 aromatic rings. The van der Waals surface area contributed by atoms with Crippen molar-refractivity contribution in [1.29, 1.82) is 0 Å². The molecule has 0 bridgehead atoms. The van der Waals surface area contributed by atoms with Crippen LogP contribution >= 0.6 is 0 Å². The minimum absolute atomic E-state index is 0. The SMILES string of the molecule is CC1[C@H](O[C@@H]2[CH-]COC(CO)[CH-]2)OC(CO)[C@H](O)[C@@H]1O.[U].[W]. The molecule has 3 unspecified atom stereocenters. The maximum absolute atomic E-state index is 9.94. The van der Waals surface area contributed by atoms with Crippen molar-refractivity contribution < 1.29 is 86.8 Å². The second kappa shape index (κ2) is 11.1. The topological polar surface area (TPSA) is 109 Å². The first-order valence-corrected chi connectivity index (χ1v) is 6.75. The van der Waals surface area contributed by atoms with Gasteiger partial charge in [-0.05, 0) is 6.10 Å². The van der Waals surface area contributed by atoms with Crippen LogP contribution < -0.4 is 0 Å². The molecule has 2 rings (SSSR count). The molecule has 2 heterocycles. The third-order valence-corrected chi connectivity index (χ3v) is 3.70. The first kappa shape index (κ1) is 23.5. The Morgan fingerprint density at radius 1 is 1.18 bits per heavy atom. The minimum Gasteiger partial charge on any atom is -0.439 e. The molecule has 0 spiro atoms. The molecule has 9 heteroatoms. The van der Waals surface area contributed by atoms with E-state index in [0.29, 0.717) is 6.61 Å². The Morgan fingerprint density at radius 3 is 2.45 bits per heavy atom. The predicted octanol–water partition coefficient (Wildman–Crippen LogP) is -1.76. The summed E-state index contributed by atoms with van der Waals surface area (Å²) in [6.45, 7) is 1.53. The van der Waals surface area contributed by atoms with Gasteiger partial charge in [0.15, 0.2) is 6.29 Å². The van der Waals surface area contributed by atoms with Crippen LogP contribution in [0.4, 0.5) is 0 Å². The molecule has 0 radical (unpaired) electrons. The molecule has 0 aliphatic carbocycles. The third kappa shape index (κ3) is 5.77. The number of rotatable bonds is 4. The van der Waals surface area contributed by atoms with E-state index in [2.05, 4.69) is 0 Å². The minimum atomic E-state index is -1.14. The Hall–Kier alpha value is 1.46. The van der Waals surface area contributed by atoms with Crippen LogP contribution in [-0.4, -0.2) is 77.1 Å². The number of hydrogen-bond acceptors (Lipinski definition) is 7. The van der Waals surface area contributed by atoms with Crippen molar-refractivity contribution >= 4 is 0 Å². The van der Waals surface area contributed by atoms with E-state index < -0.39 is 43.2 Å². The average molecular weight is 712 g/mol. The van der Waals surface area contributed by atoms with E-state index in [1.54, 1.807) is 19.8 Å². The second-order valence-corrected chi connectivity index (χ2v) is 5.15. The first-order chi connectivity index (χ1) is 9.56. The zero-order valence-electron chi connectivity index (χ0n) is 12.2. The number of aliphatic hydroxyl groups is 4. The molecule has 2 aliphatic rings. The van der Waals surface area contributed by atoms with E-state index >= 15 is 0 Å². The van der Waals surface area contributed by atoms with Gasteiger partial charge in [-0.15, -0.1) is 0 Å². The molecule has 2 saturated heterocycles. The van der Waals surface area contributed by atoms with Gasteiger partial charge in [0.1, 0.15) is 12.2 Å². The van der Waals surface area contributed by atoms with E-state index in [1.165, 1.54) is 0 Å². The Kier molecular flexibility index (Phi) is 11.9. The summed E-state index contributed by atoms with van der Waals surface area (Å²) in [6, 6.07) is 0. The van der Waals surface area contributed by atoms with Crippen molar-refractivity contribution in [2.45, 2.75) is 43.7 Å². The summed E-state index contributed by atoms with van der Waals surface area (Å²) < 4.78 is 16.4. The van der Waals surface area contributed by atoms with Gasteiger partial charge >= 0.3 is 0 Å². The number of hydrogen-bond donors (Lipinski definition) is 4.